The molecule has 0 atom stereocenters. The van der Waals surface area contributed by atoms with E-state index in [0.29, 0.717) is 17.9 Å². The molecule has 6 heteroatoms. The van der Waals surface area contributed by atoms with Gasteiger partial charge in [0.25, 0.3) is 5.91 Å². The molecule has 1 heterocycles. The second kappa shape index (κ2) is 7.00. The summed E-state index contributed by atoms with van der Waals surface area (Å²) in [5.41, 5.74) is 2.22. The normalized spacial score (nSPS) is 10.6. The Hall–Kier alpha value is -2.76. The zero-order valence-corrected chi connectivity index (χ0v) is 13.3. The van der Waals surface area contributed by atoms with E-state index in [1.54, 1.807) is 25.3 Å². The van der Waals surface area contributed by atoms with Crippen LogP contribution in [0.25, 0.3) is 0 Å². The van der Waals surface area contributed by atoms with Crippen LogP contribution in [0.3, 0.4) is 0 Å². The standard InChI is InChI=1S/C17H19N3O3/c1-10(2)15-14(9-18-11(3)20-15)16(21)19-8-12-4-6-13(7-5-12)17(22)23/h4-7,9-10H,8H2,1-3H3,(H,19,21)(H,22,23). The van der Waals surface area contributed by atoms with Crippen molar-refractivity contribution in [2.24, 2.45) is 0 Å². The number of nitrogens with one attached hydrogen (secondary N) is 1. The number of aromatic nitrogens is 2. The maximum atomic E-state index is 12.3. The first kappa shape index (κ1) is 16.6. The van der Waals surface area contributed by atoms with Gasteiger partial charge in [-0.1, -0.05) is 26.0 Å². The molecule has 120 valence electrons. The quantitative estimate of drug-likeness (QED) is 0.885. The molecule has 0 aliphatic heterocycles. The summed E-state index contributed by atoms with van der Waals surface area (Å²) in [5.74, 6) is -0.461. The molecule has 6 nitrogen and oxygen atoms in total. The van der Waals surface area contributed by atoms with Gasteiger partial charge in [0.15, 0.2) is 0 Å². The van der Waals surface area contributed by atoms with Crippen LogP contribution in [0.5, 0.6) is 0 Å². The highest BCUT2D eigenvalue weighted by Crippen LogP contribution is 2.16. The number of aromatic carboxylic acids is 1. The molecule has 2 N–H and O–H groups in total. The van der Waals surface area contributed by atoms with Gasteiger partial charge >= 0.3 is 5.97 Å². The molecule has 2 aromatic rings. The Morgan fingerprint density at radius 2 is 1.87 bits per heavy atom. The summed E-state index contributed by atoms with van der Waals surface area (Å²) >= 11 is 0. The minimum absolute atomic E-state index is 0.118. The highest BCUT2D eigenvalue weighted by atomic mass is 16.4. The van der Waals surface area contributed by atoms with Crippen molar-refractivity contribution >= 4 is 11.9 Å². The Bertz CT molecular complexity index is 724. The number of rotatable bonds is 5. The molecule has 0 saturated carbocycles. The first-order valence-corrected chi connectivity index (χ1v) is 7.32. The van der Waals surface area contributed by atoms with Crippen molar-refractivity contribution in [3.05, 3.63) is 58.7 Å². The van der Waals surface area contributed by atoms with Crippen LogP contribution in [-0.2, 0) is 6.54 Å². The molecule has 2 rings (SSSR count). The van der Waals surface area contributed by atoms with Crippen LogP contribution in [0.4, 0.5) is 0 Å². The number of nitrogens with zero attached hydrogens (tertiary/aromatic N) is 2. The highest BCUT2D eigenvalue weighted by Gasteiger charge is 2.16. The lowest BCUT2D eigenvalue weighted by atomic mass is 10.0. The summed E-state index contributed by atoms with van der Waals surface area (Å²) in [7, 11) is 0. The average Bonchev–Trinajstić information content (AvgIpc) is 2.52. The molecule has 0 radical (unpaired) electrons. The lowest BCUT2D eigenvalue weighted by Gasteiger charge is -2.12. The largest absolute Gasteiger partial charge is 0.478 e. The van der Waals surface area contributed by atoms with Crippen LogP contribution in [0.1, 0.15) is 57.6 Å². The average molecular weight is 313 g/mol. The molecule has 0 spiro atoms. The van der Waals surface area contributed by atoms with Crippen molar-refractivity contribution in [3.8, 4) is 0 Å². The fraction of sp³-hybridized carbons (Fsp3) is 0.294. The fourth-order valence-electron chi connectivity index (χ4n) is 2.15. The van der Waals surface area contributed by atoms with Crippen molar-refractivity contribution in [2.75, 3.05) is 0 Å². The summed E-state index contributed by atoms with van der Waals surface area (Å²) in [6.07, 6.45) is 1.54. The maximum Gasteiger partial charge on any atom is 0.335 e. The van der Waals surface area contributed by atoms with Gasteiger partial charge in [0.1, 0.15) is 5.82 Å². The Morgan fingerprint density at radius 3 is 2.43 bits per heavy atom. The predicted molar refractivity (Wildman–Crippen MR) is 85.4 cm³/mol. The molecule has 1 aromatic heterocycles. The SMILES string of the molecule is Cc1ncc(C(=O)NCc2ccc(C(=O)O)cc2)c(C(C)C)n1. The van der Waals surface area contributed by atoms with Crippen LogP contribution in [-0.4, -0.2) is 27.0 Å². The summed E-state index contributed by atoms with van der Waals surface area (Å²) in [6.45, 7) is 6.05. The summed E-state index contributed by atoms with van der Waals surface area (Å²) in [6, 6.07) is 6.38. The Labute approximate surface area is 134 Å². The van der Waals surface area contributed by atoms with Crippen LogP contribution < -0.4 is 5.32 Å². The van der Waals surface area contributed by atoms with Crippen LogP contribution in [0, 0.1) is 6.92 Å². The lowest BCUT2D eigenvalue weighted by molar-refractivity contribution is 0.0696. The molecule has 0 unspecified atom stereocenters. The van der Waals surface area contributed by atoms with Crippen molar-refractivity contribution < 1.29 is 14.7 Å². The second-order valence-corrected chi connectivity index (χ2v) is 5.56. The van der Waals surface area contributed by atoms with Crippen LogP contribution in [0.2, 0.25) is 0 Å². The number of aryl methyl sites for hydroxylation is 1. The van der Waals surface area contributed by atoms with E-state index in [1.807, 2.05) is 13.8 Å². The van der Waals surface area contributed by atoms with Crippen LogP contribution in [0.15, 0.2) is 30.5 Å². The zero-order chi connectivity index (χ0) is 17.0. The molecule has 0 fully saturated rings. The summed E-state index contributed by atoms with van der Waals surface area (Å²) in [4.78, 5) is 31.6. The van der Waals surface area contributed by atoms with Gasteiger partial charge in [-0.2, -0.15) is 0 Å². The van der Waals surface area contributed by atoms with E-state index < -0.39 is 5.97 Å². The van der Waals surface area contributed by atoms with E-state index in [9.17, 15) is 9.59 Å². The number of carbonyl (C=O) groups excluding carboxylic acids is 1. The van der Waals surface area contributed by atoms with E-state index in [1.165, 1.54) is 12.1 Å². The Balaban J connectivity index is 2.09. The molecular formula is C17H19N3O3. The first-order chi connectivity index (χ1) is 10.9. The smallest absolute Gasteiger partial charge is 0.335 e. The molecule has 0 aliphatic rings. The zero-order valence-electron chi connectivity index (χ0n) is 13.3. The molecule has 1 aromatic carbocycles. The molecule has 23 heavy (non-hydrogen) atoms. The fourth-order valence-corrected chi connectivity index (χ4v) is 2.15. The first-order valence-electron chi connectivity index (χ1n) is 7.32. The number of amides is 1. The van der Waals surface area contributed by atoms with Gasteiger partial charge in [0.2, 0.25) is 0 Å². The van der Waals surface area contributed by atoms with Gasteiger partial charge in [-0.3, -0.25) is 4.79 Å². The number of carboxylic acid groups (broad SMARTS) is 1. The third kappa shape index (κ3) is 4.12. The van der Waals surface area contributed by atoms with Crippen LogP contribution >= 0.6 is 0 Å². The minimum Gasteiger partial charge on any atom is -0.478 e. The minimum atomic E-state index is -0.973. The Morgan fingerprint density at radius 1 is 1.22 bits per heavy atom. The van der Waals surface area contributed by atoms with Gasteiger partial charge in [0.05, 0.1) is 16.8 Å². The second-order valence-electron chi connectivity index (χ2n) is 5.56. The number of hydrogen-bond acceptors (Lipinski definition) is 4. The number of carbonyl (C=O) groups is 2. The van der Waals surface area contributed by atoms with Crippen molar-refractivity contribution in [1.29, 1.82) is 0 Å². The Kier molecular flexibility index (Phi) is 5.05. The lowest BCUT2D eigenvalue weighted by Crippen LogP contribution is -2.25. The molecule has 0 aliphatic carbocycles. The topological polar surface area (TPSA) is 92.2 Å². The van der Waals surface area contributed by atoms with Gasteiger partial charge in [-0.25, -0.2) is 14.8 Å². The number of carboxylic acids is 1. The summed E-state index contributed by atoms with van der Waals surface area (Å²) < 4.78 is 0. The molecular weight excluding hydrogens is 294 g/mol. The van der Waals surface area contributed by atoms with Crippen molar-refractivity contribution in [2.45, 2.75) is 33.2 Å². The van der Waals surface area contributed by atoms with Crippen molar-refractivity contribution in [1.82, 2.24) is 15.3 Å². The monoisotopic (exact) mass is 313 g/mol. The van der Waals surface area contributed by atoms with Gasteiger partial charge in [-0.15, -0.1) is 0 Å². The van der Waals surface area contributed by atoms with Crippen molar-refractivity contribution in [3.63, 3.8) is 0 Å². The number of benzene rings is 1. The third-order valence-corrected chi connectivity index (χ3v) is 3.38. The molecule has 0 bridgehead atoms. The van der Waals surface area contributed by atoms with Gasteiger partial charge < -0.3 is 10.4 Å². The van der Waals surface area contributed by atoms with E-state index in [-0.39, 0.29) is 17.4 Å². The predicted octanol–water partition coefficient (Wildman–Crippen LogP) is 2.54. The van der Waals surface area contributed by atoms with E-state index in [4.69, 9.17) is 5.11 Å². The van der Waals surface area contributed by atoms with E-state index in [2.05, 4.69) is 15.3 Å². The summed E-state index contributed by atoms with van der Waals surface area (Å²) in [5, 5.41) is 11.7. The molecule has 0 saturated heterocycles. The maximum absolute atomic E-state index is 12.3. The third-order valence-electron chi connectivity index (χ3n) is 3.38. The molecule has 1 amide bonds. The van der Waals surface area contributed by atoms with E-state index in [0.717, 1.165) is 11.3 Å². The highest BCUT2D eigenvalue weighted by molar-refractivity contribution is 5.95. The van der Waals surface area contributed by atoms with Gasteiger partial charge in [-0.05, 0) is 30.5 Å². The van der Waals surface area contributed by atoms with E-state index >= 15 is 0 Å². The van der Waals surface area contributed by atoms with Gasteiger partial charge in [0, 0.05) is 12.7 Å². The number of hydrogen-bond donors (Lipinski definition) is 2.